The summed E-state index contributed by atoms with van der Waals surface area (Å²) in [4.78, 5) is 14.3. The minimum absolute atomic E-state index is 0.246. The molecule has 19 heavy (non-hydrogen) atoms. The highest BCUT2D eigenvalue weighted by Crippen LogP contribution is 2.20. The maximum Gasteiger partial charge on any atom is 0.223 e. The molecule has 0 radical (unpaired) electrons. The molecule has 1 aromatic carbocycles. The first-order valence-electron chi connectivity index (χ1n) is 6.86. The van der Waals surface area contributed by atoms with Gasteiger partial charge in [-0.1, -0.05) is 34.1 Å². The van der Waals surface area contributed by atoms with E-state index in [1.807, 2.05) is 23.1 Å². The Morgan fingerprint density at radius 2 is 2.21 bits per heavy atom. The van der Waals surface area contributed by atoms with Crippen molar-refractivity contribution < 1.29 is 4.79 Å². The minimum Gasteiger partial charge on any atom is -0.340 e. The van der Waals surface area contributed by atoms with Gasteiger partial charge in [-0.2, -0.15) is 0 Å². The molecule has 2 atom stereocenters. The lowest BCUT2D eigenvalue weighted by Gasteiger charge is -2.36. The van der Waals surface area contributed by atoms with Crippen LogP contribution in [0.15, 0.2) is 28.7 Å². The molecule has 104 valence electrons. The van der Waals surface area contributed by atoms with E-state index in [1.54, 1.807) is 0 Å². The van der Waals surface area contributed by atoms with Crippen LogP contribution in [0.25, 0.3) is 0 Å². The van der Waals surface area contributed by atoms with Crippen molar-refractivity contribution in [3.8, 4) is 0 Å². The van der Waals surface area contributed by atoms with Crippen molar-refractivity contribution in [2.24, 2.45) is 5.73 Å². The van der Waals surface area contributed by atoms with E-state index < -0.39 is 0 Å². The fourth-order valence-electron chi connectivity index (χ4n) is 2.67. The monoisotopic (exact) mass is 324 g/mol. The Balaban J connectivity index is 1.89. The molecule has 0 unspecified atom stereocenters. The third-order valence-corrected chi connectivity index (χ3v) is 4.58. The number of hydrogen-bond acceptors (Lipinski definition) is 2. The van der Waals surface area contributed by atoms with Crippen LogP contribution in [0, 0.1) is 0 Å². The summed E-state index contributed by atoms with van der Waals surface area (Å²) < 4.78 is 1.08. The van der Waals surface area contributed by atoms with E-state index in [0.29, 0.717) is 6.42 Å². The number of carbonyl (C=O) groups excluding carboxylic acids is 1. The number of nitrogens with zero attached hydrogens (tertiary/aromatic N) is 1. The predicted octanol–water partition coefficient (Wildman–Crippen LogP) is 2.72. The number of halogens is 1. The number of aryl methyl sites for hydroxylation is 1. The molecule has 2 rings (SSSR count). The van der Waals surface area contributed by atoms with Gasteiger partial charge in [0.15, 0.2) is 0 Å². The van der Waals surface area contributed by atoms with Crippen LogP contribution in [0.5, 0.6) is 0 Å². The standard InChI is InChI=1S/C15H21BrN2O/c1-11-10-13(17)8-9-18(11)15(19)7-6-12-4-2-3-5-14(12)16/h2-5,11,13H,6-10,17H2,1H3/t11-,13+/m1/s1. The summed E-state index contributed by atoms with van der Waals surface area (Å²) in [7, 11) is 0. The first kappa shape index (κ1) is 14.5. The molecule has 1 heterocycles. The number of amides is 1. The fraction of sp³-hybridized carbons (Fsp3) is 0.533. The van der Waals surface area contributed by atoms with Crippen molar-refractivity contribution >= 4 is 21.8 Å². The molecule has 2 N–H and O–H groups in total. The Morgan fingerprint density at radius 1 is 1.47 bits per heavy atom. The molecular formula is C15H21BrN2O. The van der Waals surface area contributed by atoms with Gasteiger partial charge in [-0.25, -0.2) is 0 Å². The SMILES string of the molecule is C[C@@H]1C[C@@H](N)CCN1C(=O)CCc1ccccc1Br. The van der Waals surface area contributed by atoms with Gasteiger partial charge in [-0.15, -0.1) is 0 Å². The third-order valence-electron chi connectivity index (χ3n) is 3.80. The van der Waals surface area contributed by atoms with E-state index in [9.17, 15) is 4.79 Å². The number of likely N-dealkylation sites (tertiary alicyclic amines) is 1. The second kappa shape index (κ2) is 6.53. The van der Waals surface area contributed by atoms with E-state index in [2.05, 4.69) is 28.9 Å². The lowest BCUT2D eigenvalue weighted by molar-refractivity contribution is -0.134. The molecule has 0 aromatic heterocycles. The molecule has 1 amide bonds. The quantitative estimate of drug-likeness (QED) is 0.929. The van der Waals surface area contributed by atoms with Crippen molar-refractivity contribution in [1.29, 1.82) is 0 Å². The summed E-state index contributed by atoms with van der Waals surface area (Å²) in [5, 5.41) is 0. The fourth-order valence-corrected chi connectivity index (χ4v) is 3.15. The molecule has 1 saturated heterocycles. The van der Waals surface area contributed by atoms with Crippen LogP contribution in [-0.4, -0.2) is 29.4 Å². The average molecular weight is 325 g/mol. The van der Waals surface area contributed by atoms with E-state index >= 15 is 0 Å². The second-order valence-corrected chi connectivity index (χ2v) is 6.17. The number of nitrogens with two attached hydrogens (primary N) is 1. The van der Waals surface area contributed by atoms with Crippen LogP contribution in [0.3, 0.4) is 0 Å². The Hall–Kier alpha value is -0.870. The van der Waals surface area contributed by atoms with Crippen LogP contribution in [0.2, 0.25) is 0 Å². The molecule has 1 aromatic rings. The van der Waals surface area contributed by atoms with Crippen LogP contribution in [0.1, 0.15) is 31.7 Å². The Bertz CT molecular complexity index is 450. The van der Waals surface area contributed by atoms with Crippen LogP contribution >= 0.6 is 15.9 Å². The van der Waals surface area contributed by atoms with Gasteiger partial charge in [0.1, 0.15) is 0 Å². The van der Waals surface area contributed by atoms with Gasteiger partial charge in [-0.3, -0.25) is 4.79 Å². The lowest BCUT2D eigenvalue weighted by atomic mass is 9.98. The van der Waals surface area contributed by atoms with Gasteiger partial charge >= 0.3 is 0 Å². The van der Waals surface area contributed by atoms with Crippen LogP contribution < -0.4 is 5.73 Å². The zero-order chi connectivity index (χ0) is 13.8. The van der Waals surface area contributed by atoms with Gasteiger partial charge in [0.2, 0.25) is 5.91 Å². The van der Waals surface area contributed by atoms with Gasteiger partial charge in [-0.05, 0) is 37.8 Å². The number of piperidine rings is 1. The largest absolute Gasteiger partial charge is 0.340 e. The normalized spacial score (nSPS) is 23.4. The van der Waals surface area contributed by atoms with E-state index in [-0.39, 0.29) is 18.0 Å². The van der Waals surface area contributed by atoms with Gasteiger partial charge in [0, 0.05) is 29.5 Å². The number of hydrogen-bond donors (Lipinski definition) is 1. The zero-order valence-electron chi connectivity index (χ0n) is 11.3. The highest BCUT2D eigenvalue weighted by Gasteiger charge is 2.26. The molecule has 4 heteroatoms. The summed E-state index contributed by atoms with van der Waals surface area (Å²) in [5.74, 6) is 0.246. The summed E-state index contributed by atoms with van der Waals surface area (Å²) >= 11 is 3.52. The molecule has 0 saturated carbocycles. The molecule has 1 aliphatic rings. The van der Waals surface area contributed by atoms with E-state index in [1.165, 1.54) is 5.56 Å². The van der Waals surface area contributed by atoms with Crippen molar-refractivity contribution in [2.75, 3.05) is 6.54 Å². The smallest absolute Gasteiger partial charge is 0.223 e. The number of benzene rings is 1. The van der Waals surface area contributed by atoms with Crippen molar-refractivity contribution in [2.45, 2.75) is 44.7 Å². The Morgan fingerprint density at radius 3 is 2.89 bits per heavy atom. The van der Waals surface area contributed by atoms with Crippen molar-refractivity contribution in [3.63, 3.8) is 0 Å². The first-order valence-corrected chi connectivity index (χ1v) is 7.65. The van der Waals surface area contributed by atoms with Crippen molar-refractivity contribution in [3.05, 3.63) is 34.3 Å². The number of carbonyl (C=O) groups is 1. The second-order valence-electron chi connectivity index (χ2n) is 5.31. The molecule has 0 aliphatic carbocycles. The molecule has 3 nitrogen and oxygen atoms in total. The molecular weight excluding hydrogens is 304 g/mol. The Kier molecular flexibility index (Phi) is 4.99. The van der Waals surface area contributed by atoms with Crippen LogP contribution in [0.4, 0.5) is 0 Å². The first-order chi connectivity index (χ1) is 9.08. The summed E-state index contributed by atoms with van der Waals surface area (Å²) in [6.07, 6.45) is 3.20. The molecule has 1 aliphatic heterocycles. The van der Waals surface area contributed by atoms with Gasteiger partial charge in [0.05, 0.1) is 0 Å². The lowest BCUT2D eigenvalue weighted by Crippen LogP contribution is -2.48. The van der Waals surface area contributed by atoms with E-state index in [0.717, 1.165) is 30.3 Å². The van der Waals surface area contributed by atoms with Gasteiger partial charge < -0.3 is 10.6 Å². The Labute approximate surface area is 123 Å². The summed E-state index contributed by atoms with van der Waals surface area (Å²) in [6.45, 7) is 2.90. The van der Waals surface area contributed by atoms with E-state index in [4.69, 9.17) is 5.73 Å². The predicted molar refractivity (Wildman–Crippen MR) is 80.8 cm³/mol. The maximum absolute atomic E-state index is 12.3. The van der Waals surface area contributed by atoms with Crippen LogP contribution in [-0.2, 0) is 11.2 Å². The topological polar surface area (TPSA) is 46.3 Å². The van der Waals surface area contributed by atoms with Crippen molar-refractivity contribution in [1.82, 2.24) is 4.90 Å². The zero-order valence-corrected chi connectivity index (χ0v) is 12.9. The summed E-state index contributed by atoms with van der Waals surface area (Å²) in [6, 6.07) is 8.60. The third kappa shape index (κ3) is 3.80. The average Bonchev–Trinajstić information content (AvgIpc) is 2.37. The summed E-state index contributed by atoms with van der Waals surface area (Å²) in [5.41, 5.74) is 7.12. The van der Waals surface area contributed by atoms with Gasteiger partial charge in [0.25, 0.3) is 0 Å². The molecule has 1 fully saturated rings. The minimum atomic E-state index is 0.246. The molecule has 0 spiro atoms. The highest BCUT2D eigenvalue weighted by atomic mass is 79.9. The highest BCUT2D eigenvalue weighted by molar-refractivity contribution is 9.10. The molecule has 0 bridgehead atoms. The maximum atomic E-state index is 12.3. The number of rotatable bonds is 3.